The van der Waals surface area contributed by atoms with Crippen LogP contribution >= 0.6 is 0 Å². The summed E-state index contributed by atoms with van der Waals surface area (Å²) in [7, 11) is 1.24. The van der Waals surface area contributed by atoms with Gasteiger partial charge in [-0.2, -0.15) is 0 Å². The minimum absolute atomic E-state index is 0.145. The molecule has 0 amide bonds. The van der Waals surface area contributed by atoms with Gasteiger partial charge in [-0.15, -0.1) is 0 Å². The number of carbonyl (C=O) groups excluding carboxylic acids is 2. The van der Waals surface area contributed by atoms with Crippen molar-refractivity contribution in [1.82, 2.24) is 5.32 Å². The molecule has 0 bridgehead atoms. The van der Waals surface area contributed by atoms with Gasteiger partial charge in [0.1, 0.15) is 0 Å². The molecule has 1 unspecified atom stereocenters. The van der Waals surface area contributed by atoms with Crippen LogP contribution in [0.2, 0.25) is 0 Å². The van der Waals surface area contributed by atoms with Crippen molar-refractivity contribution in [2.24, 2.45) is 0 Å². The summed E-state index contributed by atoms with van der Waals surface area (Å²) in [4.78, 5) is 36.5. The second-order valence-electron chi connectivity index (χ2n) is 7.18. The maximum absolute atomic E-state index is 13.1. The third kappa shape index (κ3) is 4.35. The molecule has 1 aromatic carbocycles. The fourth-order valence-electron chi connectivity index (χ4n) is 3.78. The van der Waals surface area contributed by atoms with E-state index in [1.54, 1.807) is 19.9 Å². The fourth-order valence-corrected chi connectivity index (χ4v) is 3.78. The lowest BCUT2D eigenvalue weighted by atomic mass is 9.80. The lowest BCUT2D eigenvalue weighted by Gasteiger charge is -2.31. The number of allylic oxidation sites excluding steroid dienone is 2. The predicted molar refractivity (Wildman–Crippen MR) is 106 cm³/mol. The number of non-ortho nitro benzene ring substituents is 1. The number of nitro groups is 1. The molecule has 0 aliphatic carbocycles. The van der Waals surface area contributed by atoms with E-state index in [1.165, 1.54) is 25.3 Å². The van der Waals surface area contributed by atoms with E-state index in [1.807, 2.05) is 0 Å². The number of esters is 2. The van der Waals surface area contributed by atoms with Crippen LogP contribution in [-0.4, -0.2) is 36.9 Å². The molecule has 3 rings (SSSR count). The number of ether oxygens (including phenoxy) is 3. The Morgan fingerprint density at radius 3 is 2.47 bits per heavy atom. The molecule has 0 saturated carbocycles. The van der Waals surface area contributed by atoms with Crippen LogP contribution in [0.5, 0.6) is 0 Å². The normalized spacial score (nSPS) is 21.7. The number of methoxy groups -OCH3 is 1. The highest BCUT2D eigenvalue weighted by Gasteiger charge is 2.39. The molecule has 0 spiro atoms. The van der Waals surface area contributed by atoms with Crippen molar-refractivity contribution in [3.63, 3.8) is 0 Å². The molecule has 30 heavy (non-hydrogen) atoms. The summed E-state index contributed by atoms with van der Waals surface area (Å²) in [5, 5.41) is 14.3. The highest BCUT2D eigenvalue weighted by Crippen LogP contribution is 2.40. The largest absolute Gasteiger partial charge is 0.466 e. The van der Waals surface area contributed by atoms with Gasteiger partial charge in [-0.05, 0) is 32.3 Å². The number of dihydropyridines is 1. The van der Waals surface area contributed by atoms with E-state index >= 15 is 0 Å². The summed E-state index contributed by atoms with van der Waals surface area (Å²) in [6, 6.07) is 5.85. The van der Waals surface area contributed by atoms with Gasteiger partial charge in [-0.1, -0.05) is 12.1 Å². The highest BCUT2D eigenvalue weighted by atomic mass is 16.7. The lowest BCUT2D eigenvalue weighted by Crippen LogP contribution is -2.34. The lowest BCUT2D eigenvalue weighted by molar-refractivity contribution is -0.384. The standard InChI is InChI=1S/C21H24N2O7/c1-12-17(20(24)28-3)19(14-7-6-8-15(11-14)23(26)27)18(13(2)22-12)21(25)30-16-9-4-5-10-29-16/h6-8,11,16,19,22H,4-5,9-10H2,1-3H3/t16?,19-/m0/s1. The van der Waals surface area contributed by atoms with Crippen LogP contribution in [-0.2, 0) is 23.8 Å². The number of nitrogens with one attached hydrogen (secondary N) is 1. The number of carbonyl (C=O) groups is 2. The molecule has 9 heteroatoms. The van der Waals surface area contributed by atoms with Gasteiger partial charge in [0.2, 0.25) is 6.29 Å². The molecule has 1 fully saturated rings. The smallest absolute Gasteiger partial charge is 0.339 e. The molecule has 2 aliphatic heterocycles. The first kappa shape index (κ1) is 21.5. The molecule has 9 nitrogen and oxygen atoms in total. The minimum Gasteiger partial charge on any atom is -0.466 e. The Morgan fingerprint density at radius 1 is 1.17 bits per heavy atom. The van der Waals surface area contributed by atoms with Crippen molar-refractivity contribution in [2.75, 3.05) is 13.7 Å². The summed E-state index contributed by atoms with van der Waals surface area (Å²) in [6.07, 6.45) is 1.72. The first-order chi connectivity index (χ1) is 14.3. The van der Waals surface area contributed by atoms with Crippen LogP contribution in [0, 0.1) is 10.1 Å². The maximum atomic E-state index is 13.1. The van der Waals surface area contributed by atoms with Crippen LogP contribution in [0.4, 0.5) is 5.69 Å². The Hall–Kier alpha value is -3.20. The monoisotopic (exact) mass is 416 g/mol. The van der Waals surface area contributed by atoms with Gasteiger partial charge in [0.15, 0.2) is 0 Å². The Bertz CT molecular complexity index is 929. The highest BCUT2D eigenvalue weighted by molar-refractivity contribution is 5.99. The molecule has 2 heterocycles. The molecule has 0 aromatic heterocycles. The molecular weight excluding hydrogens is 392 g/mol. The Kier molecular flexibility index (Phi) is 6.51. The van der Waals surface area contributed by atoms with E-state index in [0.717, 1.165) is 12.8 Å². The van der Waals surface area contributed by atoms with Crippen molar-refractivity contribution in [1.29, 1.82) is 0 Å². The first-order valence-corrected chi connectivity index (χ1v) is 9.67. The summed E-state index contributed by atoms with van der Waals surface area (Å²) in [5.41, 5.74) is 1.66. The van der Waals surface area contributed by atoms with Crippen molar-refractivity contribution in [3.05, 3.63) is 62.5 Å². The SMILES string of the molecule is COC(=O)C1=C(C)NC(C)=C(C(=O)OC2CCCCO2)[C@H]1c1cccc([N+](=O)[O-])c1. The number of hydrogen-bond donors (Lipinski definition) is 1. The summed E-state index contributed by atoms with van der Waals surface area (Å²) in [6.45, 7) is 3.89. The van der Waals surface area contributed by atoms with Crippen molar-refractivity contribution in [3.8, 4) is 0 Å². The van der Waals surface area contributed by atoms with Gasteiger partial charge in [0, 0.05) is 29.9 Å². The van der Waals surface area contributed by atoms with E-state index in [4.69, 9.17) is 14.2 Å². The van der Waals surface area contributed by atoms with Crippen molar-refractivity contribution in [2.45, 2.75) is 45.3 Å². The van der Waals surface area contributed by atoms with Crippen LogP contribution < -0.4 is 5.32 Å². The zero-order chi connectivity index (χ0) is 21.8. The van der Waals surface area contributed by atoms with Gasteiger partial charge in [0.05, 0.1) is 35.7 Å². The van der Waals surface area contributed by atoms with E-state index in [-0.39, 0.29) is 16.8 Å². The predicted octanol–water partition coefficient (Wildman–Crippen LogP) is 3.07. The number of hydrogen-bond acceptors (Lipinski definition) is 8. The number of benzene rings is 1. The van der Waals surface area contributed by atoms with Gasteiger partial charge in [-0.3, -0.25) is 10.1 Å². The van der Waals surface area contributed by atoms with E-state index < -0.39 is 29.1 Å². The second kappa shape index (κ2) is 9.08. The quantitative estimate of drug-likeness (QED) is 0.442. The summed E-state index contributed by atoms with van der Waals surface area (Å²) < 4.78 is 16.0. The third-order valence-electron chi connectivity index (χ3n) is 5.18. The van der Waals surface area contributed by atoms with Gasteiger partial charge < -0.3 is 19.5 Å². The molecule has 1 saturated heterocycles. The Balaban J connectivity index is 2.07. The minimum atomic E-state index is -0.880. The average Bonchev–Trinajstić information content (AvgIpc) is 2.73. The average molecular weight is 416 g/mol. The Labute approximate surface area is 173 Å². The fraction of sp³-hybridized carbons (Fsp3) is 0.429. The van der Waals surface area contributed by atoms with Gasteiger partial charge >= 0.3 is 11.9 Å². The maximum Gasteiger partial charge on any atom is 0.339 e. The van der Waals surface area contributed by atoms with E-state index in [0.29, 0.717) is 30.0 Å². The van der Waals surface area contributed by atoms with E-state index in [9.17, 15) is 19.7 Å². The molecule has 1 N–H and O–H groups in total. The molecule has 2 atom stereocenters. The van der Waals surface area contributed by atoms with Crippen LogP contribution in [0.3, 0.4) is 0 Å². The third-order valence-corrected chi connectivity index (χ3v) is 5.18. The topological polar surface area (TPSA) is 117 Å². The number of nitrogens with zero attached hydrogens (tertiary/aromatic N) is 1. The molecule has 1 aromatic rings. The van der Waals surface area contributed by atoms with Crippen LogP contribution in [0.1, 0.15) is 44.6 Å². The Morgan fingerprint density at radius 2 is 1.87 bits per heavy atom. The second-order valence-corrected chi connectivity index (χ2v) is 7.18. The van der Waals surface area contributed by atoms with Crippen LogP contribution in [0.15, 0.2) is 46.8 Å². The van der Waals surface area contributed by atoms with E-state index in [2.05, 4.69) is 5.32 Å². The molecular formula is C21H24N2O7. The zero-order valence-electron chi connectivity index (χ0n) is 17.1. The first-order valence-electron chi connectivity index (χ1n) is 9.67. The molecule has 160 valence electrons. The number of rotatable bonds is 5. The molecule has 2 aliphatic rings. The summed E-state index contributed by atoms with van der Waals surface area (Å²) in [5.74, 6) is -2.16. The van der Waals surface area contributed by atoms with Gasteiger partial charge in [0.25, 0.3) is 5.69 Å². The zero-order valence-corrected chi connectivity index (χ0v) is 17.1. The van der Waals surface area contributed by atoms with Gasteiger partial charge in [-0.25, -0.2) is 9.59 Å². The van der Waals surface area contributed by atoms with Crippen molar-refractivity contribution >= 4 is 17.6 Å². The molecule has 0 radical (unpaired) electrons. The summed E-state index contributed by atoms with van der Waals surface area (Å²) >= 11 is 0. The van der Waals surface area contributed by atoms with Crippen molar-refractivity contribution < 1.29 is 28.7 Å². The van der Waals surface area contributed by atoms with Crippen LogP contribution in [0.25, 0.3) is 0 Å². The number of nitro benzene ring substituents is 1.